The highest BCUT2D eigenvalue weighted by Gasteiger charge is 2.32. The molecule has 0 radical (unpaired) electrons. The molecule has 1 aliphatic rings. The van der Waals surface area contributed by atoms with Gasteiger partial charge in [0.05, 0.1) is 6.61 Å². The molecule has 18 heavy (non-hydrogen) atoms. The minimum atomic E-state index is -0.449. The van der Waals surface area contributed by atoms with Crippen LogP contribution in [0.5, 0.6) is 0 Å². The third-order valence-electron chi connectivity index (χ3n) is 3.60. The van der Waals surface area contributed by atoms with Crippen molar-refractivity contribution < 1.29 is 14.3 Å². The summed E-state index contributed by atoms with van der Waals surface area (Å²) in [7, 11) is 0. The number of rotatable bonds is 10. The molecule has 0 N–H and O–H groups in total. The van der Waals surface area contributed by atoms with E-state index in [1.807, 2.05) is 0 Å². The van der Waals surface area contributed by atoms with Gasteiger partial charge in [-0.2, -0.15) is 0 Å². The van der Waals surface area contributed by atoms with E-state index in [4.69, 9.17) is 4.74 Å². The van der Waals surface area contributed by atoms with Gasteiger partial charge in [0.2, 0.25) is 0 Å². The van der Waals surface area contributed by atoms with E-state index in [9.17, 15) is 9.59 Å². The molecule has 0 aliphatic carbocycles. The summed E-state index contributed by atoms with van der Waals surface area (Å²) in [6, 6.07) is 0. The Morgan fingerprint density at radius 2 is 1.72 bits per heavy atom. The summed E-state index contributed by atoms with van der Waals surface area (Å²) in [5, 5.41) is 0. The molecule has 0 aromatic heterocycles. The van der Waals surface area contributed by atoms with Gasteiger partial charge in [0, 0.05) is 12.8 Å². The van der Waals surface area contributed by atoms with Gasteiger partial charge < -0.3 is 4.74 Å². The van der Waals surface area contributed by atoms with Crippen molar-refractivity contribution in [3.8, 4) is 0 Å². The predicted octanol–water partition coefficient (Wildman–Crippen LogP) is 3.65. The lowest BCUT2D eigenvalue weighted by Gasteiger charge is -2.04. The van der Waals surface area contributed by atoms with Gasteiger partial charge in [-0.3, -0.25) is 9.59 Å². The molecule has 1 atom stereocenters. The van der Waals surface area contributed by atoms with Crippen LogP contribution in [0.15, 0.2) is 0 Å². The molecule has 0 saturated carbocycles. The number of carbonyl (C=O) groups is 2. The van der Waals surface area contributed by atoms with Crippen LogP contribution in [0.2, 0.25) is 0 Å². The summed E-state index contributed by atoms with van der Waals surface area (Å²) in [5.41, 5.74) is 0. The number of ether oxygens (including phenoxy) is 1. The number of hydrogen-bond acceptors (Lipinski definition) is 3. The number of unbranched alkanes of at least 4 members (excludes halogenated alkanes) is 7. The molecule has 1 rings (SSSR count). The van der Waals surface area contributed by atoms with E-state index in [1.54, 1.807) is 0 Å². The topological polar surface area (TPSA) is 43.4 Å². The lowest BCUT2D eigenvalue weighted by molar-refractivity contribution is -0.144. The molecule has 0 spiro atoms. The molecule has 1 heterocycles. The third kappa shape index (κ3) is 5.65. The summed E-state index contributed by atoms with van der Waals surface area (Å²) in [6.45, 7) is 2.65. The van der Waals surface area contributed by atoms with E-state index in [0.29, 0.717) is 19.4 Å². The smallest absolute Gasteiger partial charge is 0.316 e. The first-order valence-corrected chi connectivity index (χ1v) is 7.45. The van der Waals surface area contributed by atoms with Crippen molar-refractivity contribution in [1.29, 1.82) is 0 Å². The fraction of sp³-hybridized carbons (Fsp3) is 0.867. The zero-order chi connectivity index (χ0) is 13.2. The van der Waals surface area contributed by atoms with E-state index in [0.717, 1.165) is 12.8 Å². The normalized spacial score (nSPS) is 18.9. The van der Waals surface area contributed by atoms with Crippen LogP contribution < -0.4 is 0 Å². The largest absolute Gasteiger partial charge is 0.465 e. The fourth-order valence-electron chi connectivity index (χ4n) is 2.40. The molecule has 1 fully saturated rings. The van der Waals surface area contributed by atoms with Crippen molar-refractivity contribution in [3.05, 3.63) is 0 Å². The first-order valence-electron chi connectivity index (χ1n) is 7.45. The molecule has 1 aliphatic heterocycles. The Labute approximate surface area is 110 Å². The van der Waals surface area contributed by atoms with Crippen molar-refractivity contribution >= 4 is 11.8 Å². The van der Waals surface area contributed by atoms with Crippen LogP contribution in [0.4, 0.5) is 0 Å². The van der Waals surface area contributed by atoms with Crippen molar-refractivity contribution in [2.24, 2.45) is 5.92 Å². The third-order valence-corrected chi connectivity index (χ3v) is 3.60. The Balaban J connectivity index is 1.94. The predicted molar refractivity (Wildman–Crippen MR) is 71.3 cm³/mol. The van der Waals surface area contributed by atoms with Crippen molar-refractivity contribution in [2.45, 2.75) is 71.1 Å². The minimum Gasteiger partial charge on any atom is -0.465 e. The van der Waals surface area contributed by atoms with Gasteiger partial charge >= 0.3 is 5.97 Å². The molecule has 3 nitrogen and oxygen atoms in total. The molecule has 3 heteroatoms. The van der Waals surface area contributed by atoms with E-state index < -0.39 is 5.92 Å². The first kappa shape index (κ1) is 15.2. The second kappa shape index (κ2) is 9.12. The number of ketones is 1. The van der Waals surface area contributed by atoms with E-state index in [-0.39, 0.29) is 11.8 Å². The van der Waals surface area contributed by atoms with Crippen LogP contribution in [-0.2, 0) is 14.3 Å². The maximum absolute atomic E-state index is 11.7. The second-order valence-electron chi connectivity index (χ2n) is 5.20. The Bertz CT molecular complexity index is 260. The molecule has 104 valence electrons. The molecular formula is C15H26O3. The summed E-state index contributed by atoms with van der Waals surface area (Å²) in [5.74, 6) is -0.669. The molecule has 0 aromatic rings. The molecule has 0 amide bonds. The zero-order valence-corrected chi connectivity index (χ0v) is 11.6. The molecule has 0 bridgehead atoms. The van der Waals surface area contributed by atoms with Crippen LogP contribution in [0.3, 0.4) is 0 Å². The first-order chi connectivity index (χ1) is 8.75. The van der Waals surface area contributed by atoms with Crippen LogP contribution >= 0.6 is 0 Å². The van der Waals surface area contributed by atoms with Crippen molar-refractivity contribution in [1.82, 2.24) is 0 Å². The number of Topliss-reactive ketones (excluding diaryl/α,β-unsaturated/α-hetero) is 1. The van der Waals surface area contributed by atoms with E-state index >= 15 is 0 Å². The summed E-state index contributed by atoms with van der Waals surface area (Å²) in [6.07, 6.45) is 10.9. The monoisotopic (exact) mass is 254 g/mol. The average molecular weight is 254 g/mol. The van der Waals surface area contributed by atoms with Crippen LogP contribution in [-0.4, -0.2) is 18.4 Å². The highest BCUT2D eigenvalue weighted by atomic mass is 16.5. The lowest BCUT2D eigenvalue weighted by Crippen LogP contribution is -2.18. The van der Waals surface area contributed by atoms with Gasteiger partial charge in [-0.1, -0.05) is 51.9 Å². The Kier molecular flexibility index (Phi) is 7.70. The molecule has 0 aromatic carbocycles. The quantitative estimate of drug-likeness (QED) is 0.339. The number of cyclic esters (lactones) is 1. The summed E-state index contributed by atoms with van der Waals surface area (Å²) in [4.78, 5) is 22.9. The second-order valence-corrected chi connectivity index (χ2v) is 5.20. The highest BCUT2D eigenvalue weighted by Crippen LogP contribution is 2.18. The summed E-state index contributed by atoms with van der Waals surface area (Å²) >= 11 is 0. The van der Waals surface area contributed by atoms with Crippen molar-refractivity contribution in [2.75, 3.05) is 6.61 Å². The van der Waals surface area contributed by atoms with Crippen molar-refractivity contribution in [3.63, 3.8) is 0 Å². The number of hydrogen-bond donors (Lipinski definition) is 0. The highest BCUT2D eigenvalue weighted by molar-refractivity contribution is 5.99. The Morgan fingerprint density at radius 3 is 2.28 bits per heavy atom. The summed E-state index contributed by atoms with van der Waals surface area (Å²) < 4.78 is 4.81. The van der Waals surface area contributed by atoms with Crippen LogP contribution in [0.25, 0.3) is 0 Å². The van der Waals surface area contributed by atoms with Gasteiger partial charge in [0.25, 0.3) is 0 Å². The van der Waals surface area contributed by atoms with Gasteiger partial charge in [-0.05, 0) is 6.42 Å². The standard InChI is InChI=1S/C15H26O3/c1-2-3-4-5-6-7-8-9-10-14(16)13-11-12-18-15(13)17/h13H,2-12H2,1H3. The van der Waals surface area contributed by atoms with Crippen LogP contribution in [0.1, 0.15) is 71.1 Å². The maximum Gasteiger partial charge on any atom is 0.316 e. The van der Waals surface area contributed by atoms with Crippen LogP contribution in [0, 0.1) is 5.92 Å². The fourth-order valence-corrected chi connectivity index (χ4v) is 2.40. The lowest BCUT2D eigenvalue weighted by atomic mass is 9.97. The van der Waals surface area contributed by atoms with Gasteiger partial charge in [-0.15, -0.1) is 0 Å². The Morgan fingerprint density at radius 1 is 1.11 bits per heavy atom. The average Bonchev–Trinajstić information content (AvgIpc) is 2.79. The maximum atomic E-state index is 11.7. The van der Waals surface area contributed by atoms with Gasteiger partial charge in [0.1, 0.15) is 11.7 Å². The minimum absolute atomic E-state index is 0.0866. The van der Waals surface area contributed by atoms with E-state index in [1.165, 1.54) is 38.5 Å². The SMILES string of the molecule is CCCCCCCCCCC(=O)C1CCOC1=O. The molecule has 1 unspecified atom stereocenters. The van der Waals surface area contributed by atoms with E-state index in [2.05, 4.69) is 6.92 Å². The van der Waals surface area contributed by atoms with Gasteiger partial charge in [-0.25, -0.2) is 0 Å². The number of carbonyl (C=O) groups excluding carboxylic acids is 2. The van der Waals surface area contributed by atoms with Gasteiger partial charge in [0.15, 0.2) is 0 Å². The molecular weight excluding hydrogens is 228 g/mol. The zero-order valence-electron chi connectivity index (χ0n) is 11.6. The molecule has 1 saturated heterocycles. The Hall–Kier alpha value is -0.860. The number of esters is 1.